The largest absolute Gasteiger partial charge is 0.417 e. The first-order valence-electron chi connectivity index (χ1n) is 4.46. The lowest BCUT2D eigenvalue weighted by Gasteiger charge is -2.37. The molecule has 0 spiro atoms. The summed E-state index contributed by atoms with van der Waals surface area (Å²) < 4.78 is 5.73. The highest BCUT2D eigenvalue weighted by Crippen LogP contribution is 2.31. The van der Waals surface area contributed by atoms with E-state index in [9.17, 15) is 0 Å². The second-order valence-electron chi connectivity index (χ2n) is 4.12. The molecule has 1 aliphatic rings. The van der Waals surface area contributed by atoms with E-state index in [1.54, 1.807) is 0 Å². The minimum atomic E-state index is -1.41. The van der Waals surface area contributed by atoms with E-state index in [2.05, 4.69) is 19.7 Å². The van der Waals surface area contributed by atoms with E-state index in [0.29, 0.717) is 12.5 Å². The van der Waals surface area contributed by atoms with E-state index in [4.69, 9.17) is 9.53 Å². The van der Waals surface area contributed by atoms with Gasteiger partial charge in [-0.25, -0.2) is 0 Å². The molecule has 1 rings (SSSR count). The second-order valence-corrected chi connectivity index (χ2v) is 8.33. The summed E-state index contributed by atoms with van der Waals surface area (Å²) in [4.78, 5) is 0. The average Bonchev–Trinajstić information content (AvgIpc) is 2.03. The molecule has 0 aromatic carbocycles. The van der Waals surface area contributed by atoms with Crippen molar-refractivity contribution in [1.29, 1.82) is 0 Å². The Balaban J connectivity index is 2.59. The number of aliphatic hydroxyl groups excluding tert-OH is 1. The van der Waals surface area contributed by atoms with Crippen LogP contribution in [0.2, 0.25) is 19.1 Å². The van der Waals surface area contributed by atoms with Gasteiger partial charge in [0, 0.05) is 19.1 Å². The van der Waals surface area contributed by atoms with Crippen LogP contribution in [0.1, 0.15) is 0 Å². The predicted octanol–water partition coefficient (Wildman–Crippen LogP) is 1.63. The summed E-state index contributed by atoms with van der Waals surface area (Å²) >= 11 is 0. The van der Waals surface area contributed by atoms with Crippen LogP contribution in [0, 0.1) is 11.8 Å². The van der Waals surface area contributed by atoms with Gasteiger partial charge in [-0.05, 0) is 25.1 Å². The molecule has 0 aromatic heterocycles. The fourth-order valence-electron chi connectivity index (χ4n) is 1.71. The van der Waals surface area contributed by atoms with Gasteiger partial charge in [0.05, 0.1) is 0 Å². The zero-order chi connectivity index (χ0) is 9.19. The summed E-state index contributed by atoms with van der Waals surface area (Å²) in [5, 5.41) is 9.05. The van der Waals surface area contributed by atoms with Crippen LogP contribution < -0.4 is 0 Å². The third kappa shape index (κ3) is 2.18. The lowest BCUT2D eigenvalue weighted by molar-refractivity contribution is 0.112. The Kier molecular flexibility index (Phi) is 3.09. The van der Waals surface area contributed by atoms with Gasteiger partial charge in [-0.15, -0.1) is 6.58 Å². The van der Waals surface area contributed by atoms with E-state index in [0.717, 1.165) is 6.04 Å². The highest BCUT2D eigenvalue weighted by atomic mass is 28.4. The topological polar surface area (TPSA) is 29.5 Å². The van der Waals surface area contributed by atoms with Crippen molar-refractivity contribution in [3.63, 3.8) is 0 Å². The molecule has 0 amide bonds. The first kappa shape index (κ1) is 9.96. The van der Waals surface area contributed by atoms with E-state index in [1.807, 2.05) is 6.08 Å². The molecule has 0 aromatic rings. The number of rotatable bonds is 2. The van der Waals surface area contributed by atoms with E-state index < -0.39 is 8.32 Å². The molecule has 1 aliphatic heterocycles. The summed E-state index contributed by atoms with van der Waals surface area (Å²) in [6.07, 6.45) is 1.97. The van der Waals surface area contributed by atoms with Crippen LogP contribution in [0.25, 0.3) is 0 Å². The van der Waals surface area contributed by atoms with Gasteiger partial charge in [-0.2, -0.15) is 0 Å². The van der Waals surface area contributed by atoms with Crippen molar-refractivity contribution in [2.24, 2.45) is 11.8 Å². The molecule has 3 heteroatoms. The average molecular weight is 186 g/mol. The van der Waals surface area contributed by atoms with Gasteiger partial charge in [0.15, 0.2) is 8.32 Å². The van der Waals surface area contributed by atoms with Crippen LogP contribution in [0.4, 0.5) is 0 Å². The van der Waals surface area contributed by atoms with Crippen molar-refractivity contribution in [1.82, 2.24) is 0 Å². The smallest absolute Gasteiger partial charge is 0.187 e. The Hall–Kier alpha value is -0.123. The van der Waals surface area contributed by atoms with Crippen molar-refractivity contribution < 1.29 is 9.53 Å². The molecule has 1 fully saturated rings. The fraction of sp³-hybridized carbons (Fsp3) is 0.778. The maximum absolute atomic E-state index is 9.05. The molecule has 0 saturated carbocycles. The molecule has 2 nitrogen and oxygen atoms in total. The first-order valence-corrected chi connectivity index (χ1v) is 7.58. The zero-order valence-corrected chi connectivity index (χ0v) is 8.92. The standard InChI is InChI=1S/C9H18O2Si/c1-4-8-7-12(2,3)11-6-9(8)5-10/h4,8-10H,1,5-7H2,2-3H3. The van der Waals surface area contributed by atoms with E-state index in [-0.39, 0.29) is 12.5 Å². The highest BCUT2D eigenvalue weighted by molar-refractivity contribution is 6.71. The first-order chi connectivity index (χ1) is 5.59. The predicted molar refractivity (Wildman–Crippen MR) is 52.5 cm³/mol. The summed E-state index contributed by atoms with van der Waals surface area (Å²) in [6, 6.07) is 1.10. The third-order valence-electron chi connectivity index (χ3n) is 2.56. The van der Waals surface area contributed by atoms with Crippen LogP contribution >= 0.6 is 0 Å². The van der Waals surface area contributed by atoms with Gasteiger partial charge in [-0.1, -0.05) is 6.08 Å². The maximum atomic E-state index is 9.05. The number of hydrogen-bond acceptors (Lipinski definition) is 2. The van der Waals surface area contributed by atoms with Crippen LogP contribution in [0.3, 0.4) is 0 Å². The van der Waals surface area contributed by atoms with Gasteiger partial charge in [0.25, 0.3) is 0 Å². The molecule has 0 bridgehead atoms. The van der Waals surface area contributed by atoms with Crippen molar-refractivity contribution in [3.05, 3.63) is 12.7 Å². The third-order valence-corrected chi connectivity index (χ3v) is 4.96. The highest BCUT2D eigenvalue weighted by Gasteiger charge is 2.35. The zero-order valence-electron chi connectivity index (χ0n) is 7.92. The summed E-state index contributed by atoms with van der Waals surface area (Å²) in [7, 11) is -1.41. The van der Waals surface area contributed by atoms with Gasteiger partial charge in [-0.3, -0.25) is 0 Å². The van der Waals surface area contributed by atoms with Gasteiger partial charge < -0.3 is 9.53 Å². The molecule has 2 atom stereocenters. The molecule has 1 N–H and O–H groups in total. The van der Waals surface area contributed by atoms with Crippen molar-refractivity contribution in [2.75, 3.05) is 13.2 Å². The summed E-state index contributed by atoms with van der Waals surface area (Å²) in [5.74, 6) is 0.744. The maximum Gasteiger partial charge on any atom is 0.187 e. The molecule has 0 radical (unpaired) electrons. The molecular formula is C9H18O2Si. The molecule has 2 unspecified atom stereocenters. The Bertz CT molecular complexity index is 168. The number of hydrogen-bond donors (Lipinski definition) is 1. The van der Waals surface area contributed by atoms with Gasteiger partial charge in [0.2, 0.25) is 0 Å². The molecular weight excluding hydrogens is 168 g/mol. The lowest BCUT2D eigenvalue weighted by Crippen LogP contribution is -2.43. The number of allylic oxidation sites excluding steroid dienone is 1. The van der Waals surface area contributed by atoms with Crippen molar-refractivity contribution in [2.45, 2.75) is 19.1 Å². The Labute approximate surface area is 75.4 Å². The molecule has 0 aliphatic carbocycles. The minimum absolute atomic E-state index is 0.223. The van der Waals surface area contributed by atoms with Crippen LogP contribution in [-0.4, -0.2) is 26.6 Å². The van der Waals surface area contributed by atoms with Gasteiger partial charge >= 0.3 is 0 Å². The molecule has 12 heavy (non-hydrogen) atoms. The van der Waals surface area contributed by atoms with Crippen LogP contribution in [0.5, 0.6) is 0 Å². The van der Waals surface area contributed by atoms with Gasteiger partial charge in [0.1, 0.15) is 0 Å². The monoisotopic (exact) mass is 186 g/mol. The Morgan fingerprint density at radius 3 is 2.83 bits per heavy atom. The van der Waals surface area contributed by atoms with Crippen molar-refractivity contribution in [3.8, 4) is 0 Å². The van der Waals surface area contributed by atoms with Crippen molar-refractivity contribution >= 4 is 8.32 Å². The van der Waals surface area contributed by atoms with Crippen LogP contribution in [0.15, 0.2) is 12.7 Å². The summed E-state index contributed by atoms with van der Waals surface area (Å²) in [5.41, 5.74) is 0. The van der Waals surface area contributed by atoms with E-state index >= 15 is 0 Å². The Morgan fingerprint density at radius 1 is 1.67 bits per heavy atom. The number of aliphatic hydroxyl groups is 1. The fourth-order valence-corrected chi connectivity index (χ4v) is 4.13. The lowest BCUT2D eigenvalue weighted by atomic mass is 9.95. The second kappa shape index (κ2) is 3.73. The van der Waals surface area contributed by atoms with Crippen LogP contribution in [-0.2, 0) is 4.43 Å². The normalized spacial score (nSPS) is 34.6. The minimum Gasteiger partial charge on any atom is -0.417 e. The van der Waals surface area contributed by atoms with E-state index in [1.165, 1.54) is 0 Å². The quantitative estimate of drug-likeness (QED) is 0.525. The summed E-state index contributed by atoms with van der Waals surface area (Å²) in [6.45, 7) is 9.18. The molecule has 70 valence electrons. The molecule has 1 saturated heterocycles. The SMILES string of the molecule is C=CC1C[Si](C)(C)OCC1CO. The Morgan fingerprint density at radius 2 is 2.33 bits per heavy atom. The molecule has 1 heterocycles.